The number of aliphatic carboxylic acids is 1. The number of benzene rings is 1. The molecule has 0 amide bonds. The Morgan fingerprint density at radius 1 is 1.33 bits per heavy atom. The molecule has 0 atom stereocenters. The van der Waals surface area contributed by atoms with E-state index in [2.05, 4.69) is 42.0 Å². The van der Waals surface area contributed by atoms with E-state index in [1.807, 2.05) is 24.3 Å². The Morgan fingerprint density at radius 3 is 2.43 bits per heavy atom. The summed E-state index contributed by atoms with van der Waals surface area (Å²) in [5.41, 5.74) is 0.282. The van der Waals surface area contributed by atoms with Crippen LogP contribution >= 0.6 is 15.9 Å². The Kier molecular flexibility index (Phi) is 4.66. The zero-order chi connectivity index (χ0) is 15.7. The molecule has 0 saturated heterocycles. The van der Waals surface area contributed by atoms with Gasteiger partial charge in [-0.15, -0.1) is 0 Å². The van der Waals surface area contributed by atoms with Crippen molar-refractivity contribution in [2.75, 3.05) is 5.32 Å². The molecule has 0 aromatic heterocycles. The average molecular weight is 354 g/mol. The normalized spacial score (nSPS) is 26.4. The molecule has 0 aliphatic heterocycles. The maximum Gasteiger partial charge on any atom is 0.329 e. The first-order valence-corrected chi connectivity index (χ1v) is 8.29. The molecule has 1 aliphatic carbocycles. The van der Waals surface area contributed by atoms with E-state index in [0.29, 0.717) is 18.8 Å². The second-order valence-electron chi connectivity index (χ2n) is 7.16. The fraction of sp³-hybridized carbons (Fsp3) is 0.588. The van der Waals surface area contributed by atoms with Crippen molar-refractivity contribution >= 4 is 27.6 Å². The molecule has 0 unspecified atom stereocenters. The Bertz CT molecular complexity index is 514. The summed E-state index contributed by atoms with van der Waals surface area (Å²) in [4.78, 5) is 11.8. The van der Waals surface area contributed by atoms with Gasteiger partial charge in [0, 0.05) is 10.2 Å². The molecule has 1 saturated carbocycles. The van der Waals surface area contributed by atoms with Crippen LogP contribution in [0.4, 0.5) is 5.69 Å². The van der Waals surface area contributed by atoms with Gasteiger partial charge >= 0.3 is 5.97 Å². The van der Waals surface area contributed by atoms with Crippen molar-refractivity contribution in [1.82, 2.24) is 0 Å². The average Bonchev–Trinajstić information content (AvgIpc) is 2.38. The van der Waals surface area contributed by atoms with Crippen LogP contribution in [0.2, 0.25) is 0 Å². The first kappa shape index (κ1) is 16.3. The Hall–Kier alpha value is -1.03. The van der Waals surface area contributed by atoms with E-state index >= 15 is 0 Å². The monoisotopic (exact) mass is 353 g/mol. The largest absolute Gasteiger partial charge is 0.480 e. The molecule has 4 heteroatoms. The summed E-state index contributed by atoms with van der Waals surface area (Å²) in [5.74, 6) is -0.149. The Labute approximate surface area is 135 Å². The molecule has 116 valence electrons. The Morgan fingerprint density at radius 2 is 1.95 bits per heavy atom. The first-order valence-electron chi connectivity index (χ1n) is 7.50. The van der Waals surface area contributed by atoms with Crippen molar-refractivity contribution in [3.63, 3.8) is 0 Å². The van der Waals surface area contributed by atoms with Gasteiger partial charge in [0.05, 0.1) is 0 Å². The molecule has 3 nitrogen and oxygen atoms in total. The van der Waals surface area contributed by atoms with E-state index in [-0.39, 0.29) is 5.41 Å². The predicted molar refractivity (Wildman–Crippen MR) is 89.5 cm³/mol. The van der Waals surface area contributed by atoms with Crippen molar-refractivity contribution < 1.29 is 9.90 Å². The highest BCUT2D eigenvalue weighted by atomic mass is 79.9. The second-order valence-corrected chi connectivity index (χ2v) is 8.08. The van der Waals surface area contributed by atoms with E-state index in [1.165, 1.54) is 0 Å². The van der Waals surface area contributed by atoms with Crippen molar-refractivity contribution in [2.24, 2.45) is 11.3 Å². The van der Waals surface area contributed by atoms with Crippen LogP contribution in [0.1, 0.15) is 46.5 Å². The zero-order valence-electron chi connectivity index (χ0n) is 12.9. The SMILES string of the molecule is CC(C)(C)C1CCC(Nc2cccc(Br)c2)(C(=O)O)CC1. The molecule has 0 bridgehead atoms. The summed E-state index contributed by atoms with van der Waals surface area (Å²) < 4.78 is 0.955. The van der Waals surface area contributed by atoms with Crippen molar-refractivity contribution in [2.45, 2.75) is 52.0 Å². The molecule has 21 heavy (non-hydrogen) atoms. The number of carboxylic acids is 1. The van der Waals surface area contributed by atoms with Crippen LogP contribution in [0.5, 0.6) is 0 Å². The third-order valence-corrected chi connectivity index (χ3v) is 5.17. The van der Waals surface area contributed by atoms with E-state index in [0.717, 1.165) is 23.0 Å². The minimum atomic E-state index is -0.831. The number of hydrogen-bond donors (Lipinski definition) is 2. The lowest BCUT2D eigenvalue weighted by molar-refractivity contribution is -0.144. The molecule has 1 aromatic rings. The minimum Gasteiger partial charge on any atom is -0.480 e. The minimum absolute atomic E-state index is 0.250. The summed E-state index contributed by atoms with van der Waals surface area (Å²) in [5, 5.41) is 13.0. The summed E-state index contributed by atoms with van der Waals surface area (Å²) >= 11 is 3.43. The highest BCUT2D eigenvalue weighted by Gasteiger charge is 2.44. The van der Waals surface area contributed by atoms with Crippen LogP contribution in [0, 0.1) is 11.3 Å². The maximum absolute atomic E-state index is 11.8. The third kappa shape index (κ3) is 3.79. The van der Waals surface area contributed by atoms with Crippen LogP contribution in [-0.4, -0.2) is 16.6 Å². The zero-order valence-corrected chi connectivity index (χ0v) is 14.5. The van der Waals surface area contributed by atoms with Gasteiger partial charge in [-0.3, -0.25) is 0 Å². The molecule has 1 fully saturated rings. The van der Waals surface area contributed by atoms with Crippen molar-refractivity contribution in [1.29, 1.82) is 0 Å². The first-order chi connectivity index (χ1) is 9.73. The lowest BCUT2D eigenvalue weighted by atomic mass is 9.67. The number of nitrogens with one attached hydrogen (secondary N) is 1. The molecule has 0 radical (unpaired) electrons. The molecule has 0 heterocycles. The van der Waals surface area contributed by atoms with Crippen LogP contribution in [0.15, 0.2) is 28.7 Å². The number of carboxylic acid groups (broad SMARTS) is 1. The molecule has 0 spiro atoms. The molecular formula is C17H24BrNO2. The number of carbonyl (C=O) groups is 1. The predicted octanol–water partition coefficient (Wildman–Crippen LogP) is 4.92. The fourth-order valence-corrected chi connectivity index (χ4v) is 3.61. The number of rotatable bonds is 3. The smallest absolute Gasteiger partial charge is 0.329 e. The van der Waals surface area contributed by atoms with E-state index in [1.54, 1.807) is 0 Å². The van der Waals surface area contributed by atoms with Crippen molar-refractivity contribution in [3.05, 3.63) is 28.7 Å². The molecule has 1 aliphatic rings. The lowest BCUT2D eigenvalue weighted by Gasteiger charge is -2.42. The highest BCUT2D eigenvalue weighted by Crippen LogP contribution is 2.42. The van der Waals surface area contributed by atoms with Gasteiger partial charge < -0.3 is 10.4 Å². The van der Waals surface area contributed by atoms with E-state index in [4.69, 9.17) is 0 Å². The van der Waals surface area contributed by atoms with Gasteiger partial charge in [0.1, 0.15) is 5.54 Å². The van der Waals surface area contributed by atoms with Gasteiger partial charge in [-0.05, 0) is 55.2 Å². The van der Waals surface area contributed by atoms with Gasteiger partial charge in [-0.25, -0.2) is 4.79 Å². The van der Waals surface area contributed by atoms with Gasteiger partial charge in [0.25, 0.3) is 0 Å². The topological polar surface area (TPSA) is 49.3 Å². The maximum atomic E-state index is 11.8. The summed E-state index contributed by atoms with van der Waals surface area (Å²) in [7, 11) is 0. The molecule has 2 rings (SSSR count). The standard InChI is InChI=1S/C17H24BrNO2/c1-16(2,3)12-7-9-17(10-8-12,15(20)21)19-14-6-4-5-13(18)11-14/h4-6,11-12,19H,7-10H2,1-3H3,(H,20,21). The van der Waals surface area contributed by atoms with E-state index < -0.39 is 11.5 Å². The number of hydrogen-bond acceptors (Lipinski definition) is 2. The molecule has 2 N–H and O–H groups in total. The highest BCUT2D eigenvalue weighted by molar-refractivity contribution is 9.10. The second kappa shape index (κ2) is 5.99. The fourth-order valence-electron chi connectivity index (χ4n) is 3.21. The van der Waals surface area contributed by atoms with Gasteiger partial charge in [-0.2, -0.15) is 0 Å². The van der Waals surface area contributed by atoms with Crippen LogP contribution in [0.3, 0.4) is 0 Å². The molecular weight excluding hydrogens is 330 g/mol. The summed E-state index contributed by atoms with van der Waals surface area (Å²) in [6.07, 6.45) is 3.27. The summed E-state index contributed by atoms with van der Waals surface area (Å²) in [6, 6.07) is 7.71. The van der Waals surface area contributed by atoms with Crippen molar-refractivity contribution in [3.8, 4) is 0 Å². The summed E-state index contributed by atoms with van der Waals surface area (Å²) in [6.45, 7) is 6.73. The van der Waals surface area contributed by atoms with Gasteiger partial charge in [-0.1, -0.05) is 42.8 Å². The van der Waals surface area contributed by atoms with Gasteiger partial charge in [0.15, 0.2) is 0 Å². The Balaban J connectivity index is 2.15. The lowest BCUT2D eigenvalue weighted by Crippen LogP contribution is -2.50. The quantitative estimate of drug-likeness (QED) is 0.810. The van der Waals surface area contributed by atoms with Gasteiger partial charge in [0.2, 0.25) is 0 Å². The van der Waals surface area contributed by atoms with Crippen LogP contribution < -0.4 is 5.32 Å². The van der Waals surface area contributed by atoms with E-state index in [9.17, 15) is 9.90 Å². The number of anilines is 1. The molecule has 1 aromatic carbocycles. The number of halogens is 1. The third-order valence-electron chi connectivity index (χ3n) is 4.68. The van der Waals surface area contributed by atoms with Crippen LogP contribution in [-0.2, 0) is 4.79 Å². The van der Waals surface area contributed by atoms with Crippen LogP contribution in [0.25, 0.3) is 0 Å².